The molecule has 0 amide bonds. The number of nitrogens with zero attached hydrogens (tertiary/aromatic N) is 1. The Kier molecular flexibility index (Phi) is 7.73. The van der Waals surface area contributed by atoms with E-state index < -0.39 is 24.6 Å². The average Bonchev–Trinajstić information content (AvgIpc) is 3.06. The van der Waals surface area contributed by atoms with Crippen LogP contribution in [0.5, 0.6) is 5.75 Å². The average molecular weight is 474 g/mol. The van der Waals surface area contributed by atoms with Gasteiger partial charge in [-0.1, -0.05) is 11.6 Å². The molecule has 0 aliphatic rings. The standard InChI is InChI=1S/C24H24ClNO7/c1-14(27)12-32-23(29)13-33-22(28)11-19-15(2)26(21-9-8-18(31-3)10-20(19)21)24(30)16-4-6-17(25)7-5-16/h4-10,14,27H,11-13H2,1-3H3. The lowest BCUT2D eigenvalue weighted by atomic mass is 10.1. The van der Waals surface area contributed by atoms with Crippen LogP contribution in [-0.2, 0) is 25.5 Å². The molecule has 0 aliphatic heterocycles. The van der Waals surface area contributed by atoms with E-state index in [9.17, 15) is 14.4 Å². The van der Waals surface area contributed by atoms with Crippen LogP contribution in [0.4, 0.5) is 0 Å². The third-order valence-electron chi connectivity index (χ3n) is 4.99. The van der Waals surface area contributed by atoms with Crippen LogP contribution >= 0.6 is 11.6 Å². The van der Waals surface area contributed by atoms with Crippen LogP contribution in [0.15, 0.2) is 42.5 Å². The number of ether oxygens (including phenoxy) is 3. The van der Waals surface area contributed by atoms with E-state index in [-0.39, 0.29) is 18.9 Å². The zero-order chi connectivity index (χ0) is 24.1. The molecule has 2 aromatic carbocycles. The van der Waals surface area contributed by atoms with Crippen LogP contribution in [0.2, 0.25) is 5.02 Å². The van der Waals surface area contributed by atoms with Crippen molar-refractivity contribution in [2.24, 2.45) is 0 Å². The van der Waals surface area contributed by atoms with E-state index in [1.54, 1.807) is 49.4 Å². The molecule has 1 unspecified atom stereocenters. The van der Waals surface area contributed by atoms with E-state index in [0.717, 1.165) is 0 Å². The predicted molar refractivity (Wildman–Crippen MR) is 122 cm³/mol. The van der Waals surface area contributed by atoms with Crippen molar-refractivity contribution in [2.75, 3.05) is 20.3 Å². The van der Waals surface area contributed by atoms with Gasteiger partial charge in [-0.2, -0.15) is 0 Å². The van der Waals surface area contributed by atoms with Gasteiger partial charge in [0.1, 0.15) is 12.4 Å². The minimum atomic E-state index is -0.813. The summed E-state index contributed by atoms with van der Waals surface area (Å²) >= 11 is 5.94. The summed E-state index contributed by atoms with van der Waals surface area (Å²) < 4.78 is 16.6. The Morgan fingerprint density at radius 3 is 2.39 bits per heavy atom. The number of halogens is 1. The van der Waals surface area contributed by atoms with Gasteiger partial charge in [0.2, 0.25) is 0 Å². The topological polar surface area (TPSA) is 104 Å². The number of aliphatic hydroxyl groups is 1. The highest BCUT2D eigenvalue weighted by atomic mass is 35.5. The number of carbonyl (C=O) groups is 3. The second-order valence-corrected chi connectivity index (χ2v) is 7.90. The molecule has 3 rings (SSSR count). The summed E-state index contributed by atoms with van der Waals surface area (Å²) in [4.78, 5) is 37.4. The Balaban J connectivity index is 1.90. The van der Waals surface area contributed by atoms with Crippen molar-refractivity contribution in [1.29, 1.82) is 0 Å². The molecule has 3 aromatic rings. The summed E-state index contributed by atoms with van der Waals surface area (Å²) in [7, 11) is 1.52. The van der Waals surface area contributed by atoms with E-state index in [1.165, 1.54) is 18.6 Å². The van der Waals surface area contributed by atoms with Gasteiger partial charge in [0.15, 0.2) is 6.61 Å². The van der Waals surface area contributed by atoms with Gasteiger partial charge in [0.25, 0.3) is 5.91 Å². The zero-order valence-electron chi connectivity index (χ0n) is 18.5. The molecule has 0 spiro atoms. The van der Waals surface area contributed by atoms with Gasteiger partial charge >= 0.3 is 11.9 Å². The monoisotopic (exact) mass is 473 g/mol. The molecule has 8 nitrogen and oxygen atoms in total. The molecule has 0 radical (unpaired) electrons. The first kappa shape index (κ1) is 24.3. The molecule has 0 saturated carbocycles. The summed E-state index contributed by atoms with van der Waals surface area (Å²) in [6, 6.07) is 11.7. The largest absolute Gasteiger partial charge is 0.497 e. The number of aliphatic hydroxyl groups excluding tert-OH is 1. The van der Waals surface area contributed by atoms with Crippen LogP contribution in [0.1, 0.15) is 28.5 Å². The van der Waals surface area contributed by atoms with E-state index in [1.807, 2.05) is 0 Å². The molecule has 0 saturated heterocycles. The first-order valence-corrected chi connectivity index (χ1v) is 10.6. The number of aromatic nitrogens is 1. The summed E-state index contributed by atoms with van der Waals surface area (Å²) in [6.45, 7) is 2.45. The molecular formula is C24H24ClNO7. The third-order valence-corrected chi connectivity index (χ3v) is 5.25. The van der Waals surface area contributed by atoms with Crippen molar-refractivity contribution in [3.8, 4) is 5.75 Å². The molecule has 174 valence electrons. The number of carbonyl (C=O) groups excluding carboxylic acids is 3. The number of methoxy groups -OCH3 is 1. The minimum Gasteiger partial charge on any atom is -0.497 e. The van der Waals surface area contributed by atoms with Crippen molar-refractivity contribution in [3.63, 3.8) is 0 Å². The maximum absolute atomic E-state index is 13.3. The minimum absolute atomic E-state index is 0.167. The van der Waals surface area contributed by atoms with Crippen LogP contribution < -0.4 is 4.74 Å². The highest BCUT2D eigenvalue weighted by Gasteiger charge is 2.23. The number of hydrogen-bond acceptors (Lipinski definition) is 7. The van der Waals surface area contributed by atoms with Crippen molar-refractivity contribution >= 4 is 40.3 Å². The fourth-order valence-electron chi connectivity index (χ4n) is 3.39. The second-order valence-electron chi connectivity index (χ2n) is 7.46. The van der Waals surface area contributed by atoms with Gasteiger partial charge in [-0.15, -0.1) is 0 Å². The molecule has 1 N–H and O–H groups in total. The summed E-state index contributed by atoms with van der Waals surface area (Å²) in [5, 5.41) is 10.3. The van der Waals surface area contributed by atoms with Crippen LogP contribution in [-0.4, -0.2) is 53.9 Å². The van der Waals surface area contributed by atoms with Gasteiger partial charge < -0.3 is 19.3 Å². The highest BCUT2D eigenvalue weighted by Crippen LogP contribution is 2.31. The lowest BCUT2D eigenvalue weighted by molar-refractivity contribution is -0.159. The van der Waals surface area contributed by atoms with E-state index >= 15 is 0 Å². The van der Waals surface area contributed by atoms with Gasteiger partial charge in [0.05, 0.1) is 25.2 Å². The van der Waals surface area contributed by atoms with E-state index in [4.69, 9.17) is 30.9 Å². The number of benzene rings is 2. The number of esters is 2. The number of fused-ring (bicyclic) bond motifs is 1. The molecule has 33 heavy (non-hydrogen) atoms. The summed E-state index contributed by atoms with van der Waals surface area (Å²) in [5.41, 5.74) is 2.18. The van der Waals surface area contributed by atoms with Crippen LogP contribution in [0, 0.1) is 6.92 Å². The maximum Gasteiger partial charge on any atom is 0.344 e. The predicted octanol–water partition coefficient (Wildman–Crippen LogP) is 3.31. The maximum atomic E-state index is 13.3. The lowest BCUT2D eigenvalue weighted by Crippen LogP contribution is -2.21. The first-order chi connectivity index (χ1) is 15.7. The molecule has 1 atom stereocenters. The van der Waals surface area contributed by atoms with Crippen LogP contribution in [0.25, 0.3) is 10.9 Å². The van der Waals surface area contributed by atoms with Gasteiger partial charge in [-0.25, -0.2) is 4.79 Å². The van der Waals surface area contributed by atoms with Crippen LogP contribution in [0.3, 0.4) is 0 Å². The van der Waals surface area contributed by atoms with Crippen molar-refractivity contribution in [2.45, 2.75) is 26.4 Å². The molecule has 0 aliphatic carbocycles. The smallest absolute Gasteiger partial charge is 0.344 e. The third kappa shape index (κ3) is 5.71. The molecule has 9 heteroatoms. The normalized spacial score (nSPS) is 11.8. The van der Waals surface area contributed by atoms with Crippen molar-refractivity contribution < 1.29 is 33.7 Å². The highest BCUT2D eigenvalue weighted by molar-refractivity contribution is 6.30. The Labute approximate surface area is 195 Å². The number of hydrogen-bond donors (Lipinski definition) is 1. The second kappa shape index (κ2) is 10.5. The van der Waals surface area contributed by atoms with E-state index in [0.29, 0.717) is 38.5 Å². The Hall–Kier alpha value is -3.36. The SMILES string of the molecule is COc1ccc2c(c1)c(CC(=O)OCC(=O)OCC(C)O)c(C)n2C(=O)c1ccc(Cl)cc1. The molecule has 1 aromatic heterocycles. The Morgan fingerprint density at radius 2 is 1.76 bits per heavy atom. The van der Waals surface area contributed by atoms with Gasteiger partial charge in [-0.05, 0) is 61.9 Å². The lowest BCUT2D eigenvalue weighted by Gasteiger charge is -2.09. The van der Waals surface area contributed by atoms with Crippen molar-refractivity contribution in [1.82, 2.24) is 4.57 Å². The fraction of sp³-hybridized carbons (Fsp3) is 0.292. The zero-order valence-corrected chi connectivity index (χ0v) is 19.2. The summed E-state index contributed by atoms with van der Waals surface area (Å²) in [5.74, 6) is -1.13. The van der Waals surface area contributed by atoms with Gasteiger partial charge in [-0.3, -0.25) is 14.2 Å². The first-order valence-electron chi connectivity index (χ1n) is 10.2. The fourth-order valence-corrected chi connectivity index (χ4v) is 3.51. The summed E-state index contributed by atoms with van der Waals surface area (Å²) in [6.07, 6.45) is -0.980. The van der Waals surface area contributed by atoms with Gasteiger partial charge in [0, 0.05) is 21.7 Å². The number of rotatable bonds is 8. The Morgan fingerprint density at radius 1 is 1.06 bits per heavy atom. The quantitative estimate of drug-likeness (QED) is 0.500. The molecule has 0 bridgehead atoms. The molecular weight excluding hydrogens is 450 g/mol. The molecule has 1 heterocycles. The Bertz CT molecular complexity index is 1180. The van der Waals surface area contributed by atoms with Crippen molar-refractivity contribution in [3.05, 3.63) is 64.3 Å². The molecule has 0 fully saturated rings. The van der Waals surface area contributed by atoms with E-state index in [2.05, 4.69) is 0 Å².